The molecule has 1 heterocycles. The molecule has 1 aromatic carbocycles. The summed E-state index contributed by atoms with van der Waals surface area (Å²) in [7, 11) is 0. The third kappa shape index (κ3) is 2.69. The topological polar surface area (TPSA) is 103 Å². The van der Waals surface area contributed by atoms with E-state index in [9.17, 15) is 19.3 Å². The summed E-state index contributed by atoms with van der Waals surface area (Å²) in [5.41, 5.74) is -0.877. The quantitative estimate of drug-likeness (QED) is 0.681. The summed E-state index contributed by atoms with van der Waals surface area (Å²) in [6, 6.07) is 5.31. The number of pyridine rings is 1. The number of hydrogen-bond donors (Lipinski definition) is 1. The molecule has 0 fully saturated rings. The van der Waals surface area contributed by atoms with Gasteiger partial charge in [0.15, 0.2) is 0 Å². The Kier molecular flexibility index (Phi) is 3.56. The lowest BCUT2D eigenvalue weighted by Crippen LogP contribution is -2.02. The van der Waals surface area contributed by atoms with E-state index in [-0.39, 0.29) is 11.6 Å². The van der Waals surface area contributed by atoms with Crippen LogP contribution in [0.15, 0.2) is 36.5 Å². The highest BCUT2D eigenvalue weighted by Crippen LogP contribution is 2.30. The molecule has 1 N–H and O–H groups in total. The van der Waals surface area contributed by atoms with Gasteiger partial charge in [0.05, 0.1) is 4.92 Å². The maximum Gasteiger partial charge on any atom is 0.339 e. The first-order valence-corrected chi connectivity index (χ1v) is 5.29. The maximum atomic E-state index is 13.0. The van der Waals surface area contributed by atoms with Crippen LogP contribution in [0.3, 0.4) is 0 Å². The third-order valence-electron chi connectivity index (χ3n) is 2.33. The number of nitro groups is 1. The van der Waals surface area contributed by atoms with Crippen molar-refractivity contribution in [1.29, 1.82) is 0 Å². The minimum absolute atomic E-state index is 0.235. The molecular weight excluding hydrogens is 271 g/mol. The number of ether oxygens (including phenoxy) is 1. The lowest BCUT2D eigenvalue weighted by molar-refractivity contribution is -0.386. The lowest BCUT2D eigenvalue weighted by Gasteiger charge is -2.07. The number of rotatable bonds is 4. The zero-order valence-electron chi connectivity index (χ0n) is 9.82. The fraction of sp³-hybridized carbons (Fsp3) is 0. The Hall–Kier alpha value is -3.03. The van der Waals surface area contributed by atoms with Crippen molar-refractivity contribution in [3.05, 3.63) is 58.0 Å². The fourth-order valence-electron chi connectivity index (χ4n) is 1.46. The molecular formula is C12H7FN2O5. The van der Waals surface area contributed by atoms with E-state index < -0.39 is 28.0 Å². The first-order valence-electron chi connectivity index (χ1n) is 5.29. The van der Waals surface area contributed by atoms with Crippen LogP contribution in [0.4, 0.5) is 10.1 Å². The molecule has 0 atom stereocenters. The van der Waals surface area contributed by atoms with Crippen LogP contribution in [0.2, 0.25) is 0 Å². The zero-order chi connectivity index (χ0) is 14.7. The number of hydrogen-bond acceptors (Lipinski definition) is 5. The highest BCUT2D eigenvalue weighted by Gasteiger charge is 2.20. The van der Waals surface area contributed by atoms with E-state index >= 15 is 0 Å². The average molecular weight is 278 g/mol. The smallest absolute Gasteiger partial charge is 0.339 e. The van der Waals surface area contributed by atoms with Gasteiger partial charge >= 0.3 is 11.7 Å². The lowest BCUT2D eigenvalue weighted by atomic mass is 10.2. The molecule has 0 bridgehead atoms. The van der Waals surface area contributed by atoms with Crippen LogP contribution < -0.4 is 4.74 Å². The average Bonchev–Trinajstić information content (AvgIpc) is 2.41. The van der Waals surface area contributed by atoms with Gasteiger partial charge < -0.3 is 9.84 Å². The summed E-state index contributed by atoms with van der Waals surface area (Å²) in [5, 5.41) is 19.7. The number of carbonyl (C=O) groups is 1. The van der Waals surface area contributed by atoms with Crippen molar-refractivity contribution in [2.24, 2.45) is 0 Å². The Labute approximate surface area is 111 Å². The molecule has 0 unspecified atom stereocenters. The zero-order valence-corrected chi connectivity index (χ0v) is 9.82. The predicted octanol–water partition coefficient (Wildman–Crippen LogP) is 2.62. The Morgan fingerprint density at radius 2 is 2.15 bits per heavy atom. The van der Waals surface area contributed by atoms with Gasteiger partial charge in [0.1, 0.15) is 17.1 Å². The van der Waals surface area contributed by atoms with Gasteiger partial charge in [-0.1, -0.05) is 0 Å². The van der Waals surface area contributed by atoms with Crippen LogP contribution in [0.1, 0.15) is 10.4 Å². The van der Waals surface area contributed by atoms with Gasteiger partial charge in [-0.05, 0) is 24.3 Å². The number of aromatic nitrogens is 1. The van der Waals surface area contributed by atoms with Gasteiger partial charge in [-0.3, -0.25) is 10.1 Å². The van der Waals surface area contributed by atoms with E-state index in [1.165, 1.54) is 12.3 Å². The molecule has 1 aromatic heterocycles. The second-order valence-electron chi connectivity index (χ2n) is 3.63. The van der Waals surface area contributed by atoms with E-state index in [2.05, 4.69) is 4.98 Å². The third-order valence-corrected chi connectivity index (χ3v) is 2.33. The molecule has 7 nitrogen and oxygen atoms in total. The summed E-state index contributed by atoms with van der Waals surface area (Å²) < 4.78 is 18.1. The molecule has 0 saturated heterocycles. The Morgan fingerprint density at radius 3 is 2.80 bits per heavy atom. The van der Waals surface area contributed by atoms with E-state index in [0.717, 1.165) is 24.3 Å². The number of carboxylic acid groups (broad SMARTS) is 1. The second kappa shape index (κ2) is 5.31. The van der Waals surface area contributed by atoms with Gasteiger partial charge in [-0.25, -0.2) is 14.2 Å². The second-order valence-corrected chi connectivity index (χ2v) is 3.63. The van der Waals surface area contributed by atoms with E-state index in [4.69, 9.17) is 9.84 Å². The molecule has 0 spiro atoms. The first-order chi connectivity index (χ1) is 9.49. The summed E-state index contributed by atoms with van der Waals surface area (Å²) in [4.78, 5) is 24.7. The van der Waals surface area contributed by atoms with Gasteiger partial charge in [0.25, 0.3) is 5.88 Å². The number of halogens is 1. The molecule has 2 aromatic rings. The Bertz CT molecular complexity index is 689. The van der Waals surface area contributed by atoms with E-state index in [1.54, 1.807) is 0 Å². The molecule has 0 saturated carbocycles. The number of benzene rings is 1. The Morgan fingerprint density at radius 1 is 1.40 bits per heavy atom. The van der Waals surface area contributed by atoms with Gasteiger partial charge in [-0.15, -0.1) is 0 Å². The summed E-state index contributed by atoms with van der Waals surface area (Å²) >= 11 is 0. The standard InChI is InChI=1S/C12H7FN2O5/c13-7-3-4-10(8(6-7)12(16)17)20-11-9(15(18)19)2-1-5-14-11/h1-6H,(H,16,17). The minimum Gasteiger partial charge on any atom is -0.478 e. The maximum absolute atomic E-state index is 13.0. The van der Waals surface area contributed by atoms with Crippen LogP contribution in [0, 0.1) is 15.9 Å². The highest BCUT2D eigenvalue weighted by atomic mass is 19.1. The number of carboxylic acids is 1. The van der Waals surface area contributed by atoms with E-state index in [1.807, 2.05) is 0 Å². The normalized spacial score (nSPS) is 10.1. The van der Waals surface area contributed by atoms with Gasteiger partial charge in [0.2, 0.25) is 0 Å². The molecule has 0 aliphatic rings. The number of nitrogens with zero attached hydrogens (tertiary/aromatic N) is 2. The van der Waals surface area contributed by atoms with Crippen molar-refractivity contribution in [2.75, 3.05) is 0 Å². The minimum atomic E-state index is -1.42. The molecule has 0 aliphatic heterocycles. The molecule has 2 rings (SSSR count). The molecule has 0 amide bonds. The van der Waals surface area contributed by atoms with Crippen molar-refractivity contribution in [1.82, 2.24) is 4.98 Å². The van der Waals surface area contributed by atoms with Crippen molar-refractivity contribution in [3.63, 3.8) is 0 Å². The van der Waals surface area contributed by atoms with Crippen LogP contribution >= 0.6 is 0 Å². The van der Waals surface area contributed by atoms with Crippen LogP contribution in [0.25, 0.3) is 0 Å². The molecule has 102 valence electrons. The van der Waals surface area contributed by atoms with Crippen molar-refractivity contribution >= 4 is 11.7 Å². The summed E-state index contributed by atoms with van der Waals surface area (Å²) in [6.07, 6.45) is 1.26. The van der Waals surface area contributed by atoms with Crippen molar-refractivity contribution in [3.8, 4) is 11.6 Å². The monoisotopic (exact) mass is 278 g/mol. The van der Waals surface area contributed by atoms with Gasteiger partial charge in [-0.2, -0.15) is 0 Å². The van der Waals surface area contributed by atoms with Crippen LogP contribution in [0.5, 0.6) is 11.6 Å². The van der Waals surface area contributed by atoms with E-state index in [0.29, 0.717) is 0 Å². The summed E-state index contributed by atoms with van der Waals surface area (Å²) in [6.45, 7) is 0. The molecule has 0 aliphatic carbocycles. The molecule has 8 heteroatoms. The molecule has 0 radical (unpaired) electrons. The van der Waals surface area contributed by atoms with Gasteiger partial charge in [0, 0.05) is 12.3 Å². The summed E-state index contributed by atoms with van der Waals surface area (Å²) in [5.74, 6) is -2.78. The predicted molar refractivity (Wildman–Crippen MR) is 64.3 cm³/mol. The van der Waals surface area contributed by atoms with Crippen molar-refractivity contribution < 1.29 is 24.0 Å². The van der Waals surface area contributed by atoms with Crippen LogP contribution in [-0.2, 0) is 0 Å². The molecule has 20 heavy (non-hydrogen) atoms. The van der Waals surface area contributed by atoms with Crippen molar-refractivity contribution in [2.45, 2.75) is 0 Å². The van der Waals surface area contributed by atoms with Crippen LogP contribution in [-0.4, -0.2) is 21.0 Å². The highest BCUT2D eigenvalue weighted by molar-refractivity contribution is 5.91. The Balaban J connectivity index is 2.45. The fourth-order valence-corrected chi connectivity index (χ4v) is 1.46. The SMILES string of the molecule is O=C(O)c1cc(F)ccc1Oc1ncccc1[N+](=O)[O-]. The first kappa shape index (κ1) is 13.4. The number of aromatic carboxylic acids is 1. The largest absolute Gasteiger partial charge is 0.478 e.